The zero-order valence-electron chi connectivity index (χ0n) is 5.92. The second-order valence-corrected chi connectivity index (χ2v) is 2.61. The minimum Gasteiger partial charge on any atom is -0.394 e. The number of carbonyl (C=O) groups excluding carboxylic acids is 1. The van der Waals surface area contributed by atoms with Crippen LogP contribution in [-0.2, 0) is 4.79 Å². The summed E-state index contributed by atoms with van der Waals surface area (Å²) in [4.78, 5) is 11.4. The summed E-state index contributed by atoms with van der Waals surface area (Å²) in [6.45, 7) is -0.229. The van der Waals surface area contributed by atoms with Gasteiger partial charge in [-0.3, -0.25) is 4.79 Å². The van der Waals surface area contributed by atoms with Crippen LogP contribution < -0.4 is 0 Å². The quantitative estimate of drug-likeness (QED) is 0.392. The number of hydrogen-bond acceptors (Lipinski definition) is 4. The van der Waals surface area contributed by atoms with Crippen molar-refractivity contribution in [3.05, 3.63) is 0 Å². The van der Waals surface area contributed by atoms with Gasteiger partial charge in [-0.2, -0.15) is 0 Å². The molecular weight excluding hydrogens is 150 g/mol. The van der Waals surface area contributed by atoms with Crippen LogP contribution in [0.25, 0.3) is 0 Å². The monoisotopic (exact) mass is 161 g/mol. The second-order valence-electron chi connectivity index (χ2n) is 2.61. The minimum absolute atomic E-state index is 0.0931. The number of hydrogen-bond donors (Lipinski definition) is 3. The zero-order valence-corrected chi connectivity index (χ0v) is 5.92. The van der Waals surface area contributed by atoms with Crippen LogP contribution in [0.4, 0.5) is 0 Å². The Kier molecular flexibility index (Phi) is 2.43. The van der Waals surface area contributed by atoms with Gasteiger partial charge in [0.15, 0.2) is 0 Å². The van der Waals surface area contributed by atoms with E-state index in [-0.39, 0.29) is 13.2 Å². The number of rotatable bonds is 2. The van der Waals surface area contributed by atoms with Crippen LogP contribution in [0.5, 0.6) is 0 Å². The van der Waals surface area contributed by atoms with E-state index in [1.165, 1.54) is 4.90 Å². The maximum atomic E-state index is 10.3. The lowest BCUT2D eigenvalue weighted by Gasteiger charge is -2.18. The smallest absolute Gasteiger partial charge is 0.210 e. The van der Waals surface area contributed by atoms with Crippen LogP contribution in [-0.4, -0.2) is 58.0 Å². The molecule has 1 saturated heterocycles. The van der Waals surface area contributed by atoms with E-state index in [9.17, 15) is 4.79 Å². The molecule has 1 amide bonds. The third kappa shape index (κ3) is 1.35. The average Bonchev–Trinajstić information content (AvgIpc) is 2.28. The molecule has 1 heterocycles. The first-order valence-electron chi connectivity index (χ1n) is 3.38. The maximum absolute atomic E-state index is 10.3. The molecule has 3 atom stereocenters. The van der Waals surface area contributed by atoms with Crippen molar-refractivity contribution in [2.75, 3.05) is 13.2 Å². The Bertz CT molecular complexity index is 152. The highest BCUT2D eigenvalue weighted by molar-refractivity contribution is 5.49. The van der Waals surface area contributed by atoms with Crippen molar-refractivity contribution in [3.8, 4) is 0 Å². The predicted octanol–water partition coefficient (Wildman–Crippen LogP) is -2.46. The van der Waals surface area contributed by atoms with E-state index in [1.54, 1.807) is 0 Å². The molecule has 0 aliphatic carbocycles. The normalized spacial score (nSPS) is 37.7. The van der Waals surface area contributed by atoms with Crippen molar-refractivity contribution < 1.29 is 20.1 Å². The molecule has 5 nitrogen and oxygen atoms in total. The van der Waals surface area contributed by atoms with Gasteiger partial charge in [0, 0.05) is 6.54 Å². The van der Waals surface area contributed by atoms with Crippen molar-refractivity contribution in [3.63, 3.8) is 0 Å². The first kappa shape index (κ1) is 8.45. The van der Waals surface area contributed by atoms with Crippen molar-refractivity contribution in [1.82, 2.24) is 4.90 Å². The Morgan fingerprint density at radius 2 is 2.18 bits per heavy atom. The van der Waals surface area contributed by atoms with Gasteiger partial charge in [-0.25, -0.2) is 0 Å². The Morgan fingerprint density at radius 3 is 2.55 bits per heavy atom. The molecule has 1 fully saturated rings. The van der Waals surface area contributed by atoms with E-state index in [4.69, 9.17) is 15.3 Å². The van der Waals surface area contributed by atoms with Gasteiger partial charge < -0.3 is 20.2 Å². The predicted molar refractivity (Wildman–Crippen MR) is 35.7 cm³/mol. The number of likely N-dealkylation sites (tertiary alicyclic amines) is 1. The number of β-amino-alcohol motifs (C(OH)–C–C–N with tert-alkyl or cyclic N) is 1. The van der Waals surface area contributed by atoms with E-state index in [0.29, 0.717) is 6.41 Å². The van der Waals surface area contributed by atoms with Gasteiger partial charge in [0.25, 0.3) is 0 Å². The van der Waals surface area contributed by atoms with E-state index >= 15 is 0 Å². The van der Waals surface area contributed by atoms with E-state index in [1.807, 2.05) is 0 Å². The highest BCUT2D eigenvalue weighted by Gasteiger charge is 2.38. The summed E-state index contributed by atoms with van der Waals surface area (Å²) in [7, 11) is 0. The fourth-order valence-corrected chi connectivity index (χ4v) is 1.25. The molecule has 0 bridgehead atoms. The molecule has 0 aromatic carbocycles. The summed E-state index contributed by atoms with van der Waals surface area (Å²) in [5.41, 5.74) is 0. The summed E-state index contributed by atoms with van der Waals surface area (Å²) < 4.78 is 0. The lowest BCUT2D eigenvalue weighted by atomic mass is 10.1. The van der Waals surface area contributed by atoms with E-state index in [0.717, 1.165) is 0 Å². The van der Waals surface area contributed by atoms with Crippen LogP contribution in [0.3, 0.4) is 0 Å². The van der Waals surface area contributed by atoms with E-state index < -0.39 is 18.2 Å². The maximum Gasteiger partial charge on any atom is 0.210 e. The third-order valence-corrected chi connectivity index (χ3v) is 1.93. The summed E-state index contributed by atoms with van der Waals surface area (Å²) in [6, 6.07) is -0.650. The number of aliphatic hydroxyl groups excluding tert-OH is 3. The standard InChI is InChI=1S/C6H11NO4/c8-2-4-6(11)5(10)1-7(4)3-9/h3-6,8,10-11H,1-2H2/t4-,5-,6-/m1/s1. The lowest BCUT2D eigenvalue weighted by molar-refractivity contribution is -0.120. The van der Waals surface area contributed by atoms with Crippen LogP contribution in [0.15, 0.2) is 0 Å². The Balaban J connectivity index is 2.64. The molecule has 0 saturated carbocycles. The van der Waals surface area contributed by atoms with Crippen LogP contribution >= 0.6 is 0 Å². The number of nitrogens with zero attached hydrogens (tertiary/aromatic N) is 1. The van der Waals surface area contributed by atoms with Crippen LogP contribution in [0, 0.1) is 0 Å². The molecule has 5 heteroatoms. The first-order valence-corrected chi connectivity index (χ1v) is 3.38. The average molecular weight is 161 g/mol. The lowest BCUT2D eigenvalue weighted by Crippen LogP contribution is -2.38. The topological polar surface area (TPSA) is 81.0 Å². The molecule has 0 aromatic rings. The summed E-state index contributed by atoms with van der Waals surface area (Å²) in [5, 5.41) is 26.9. The van der Waals surface area contributed by atoms with Crippen LogP contribution in [0.2, 0.25) is 0 Å². The molecular formula is C6H11NO4. The fraction of sp³-hybridized carbons (Fsp3) is 0.833. The highest BCUT2D eigenvalue weighted by atomic mass is 16.3. The zero-order chi connectivity index (χ0) is 8.43. The third-order valence-electron chi connectivity index (χ3n) is 1.93. The molecule has 0 spiro atoms. The molecule has 1 aliphatic rings. The van der Waals surface area contributed by atoms with Gasteiger partial charge >= 0.3 is 0 Å². The molecule has 0 unspecified atom stereocenters. The Hall–Kier alpha value is -0.650. The minimum atomic E-state index is -1.02. The van der Waals surface area contributed by atoms with Gasteiger partial charge in [-0.05, 0) is 0 Å². The van der Waals surface area contributed by atoms with Crippen molar-refractivity contribution in [2.24, 2.45) is 0 Å². The number of amides is 1. The molecule has 1 aliphatic heterocycles. The molecule has 11 heavy (non-hydrogen) atoms. The van der Waals surface area contributed by atoms with Gasteiger partial charge in [-0.15, -0.1) is 0 Å². The van der Waals surface area contributed by atoms with Gasteiger partial charge in [0.2, 0.25) is 6.41 Å². The first-order chi connectivity index (χ1) is 5.20. The molecule has 3 N–H and O–H groups in total. The summed E-state index contributed by atoms with van der Waals surface area (Å²) >= 11 is 0. The molecule has 0 aromatic heterocycles. The molecule has 1 rings (SSSR count). The van der Waals surface area contributed by atoms with E-state index in [2.05, 4.69) is 0 Å². The largest absolute Gasteiger partial charge is 0.394 e. The summed E-state index contributed by atoms with van der Waals surface area (Å²) in [5.74, 6) is 0. The van der Waals surface area contributed by atoms with Gasteiger partial charge in [-0.1, -0.05) is 0 Å². The SMILES string of the molecule is O=CN1C[C@@H](O)[C@H](O)[C@H]1CO. The number of aliphatic hydroxyl groups is 3. The highest BCUT2D eigenvalue weighted by Crippen LogP contribution is 2.15. The second kappa shape index (κ2) is 3.17. The van der Waals surface area contributed by atoms with Crippen molar-refractivity contribution in [2.45, 2.75) is 18.2 Å². The Morgan fingerprint density at radius 1 is 1.55 bits per heavy atom. The number of carbonyl (C=O) groups is 1. The summed E-state index contributed by atoms with van der Waals surface area (Å²) in [6.07, 6.45) is -1.44. The molecule has 0 radical (unpaired) electrons. The van der Waals surface area contributed by atoms with Crippen LogP contribution in [0.1, 0.15) is 0 Å². The fourth-order valence-electron chi connectivity index (χ4n) is 1.25. The van der Waals surface area contributed by atoms with Crippen molar-refractivity contribution in [1.29, 1.82) is 0 Å². The van der Waals surface area contributed by atoms with Gasteiger partial charge in [0.05, 0.1) is 18.8 Å². The van der Waals surface area contributed by atoms with Crippen molar-refractivity contribution >= 4 is 6.41 Å². The molecule has 64 valence electrons. The van der Waals surface area contributed by atoms with Gasteiger partial charge in [0.1, 0.15) is 6.10 Å². The Labute approximate surface area is 63.9 Å².